The van der Waals surface area contributed by atoms with Crippen LogP contribution >= 0.6 is 11.6 Å². The van der Waals surface area contributed by atoms with E-state index < -0.39 is 4.92 Å². The molecule has 0 aromatic heterocycles. The molecule has 1 amide bonds. The summed E-state index contributed by atoms with van der Waals surface area (Å²) >= 11 is 5.67. The number of carbonyl (C=O) groups excluding carboxylic acids is 1. The number of hydrogen-bond acceptors (Lipinski definition) is 4. The van der Waals surface area contributed by atoms with Gasteiger partial charge in [-0.1, -0.05) is 6.92 Å². The number of nitro groups is 1. The van der Waals surface area contributed by atoms with Crippen molar-refractivity contribution in [3.05, 3.63) is 33.9 Å². The van der Waals surface area contributed by atoms with Gasteiger partial charge in [0.15, 0.2) is 0 Å². The minimum absolute atomic E-state index is 0.0279. The summed E-state index contributed by atoms with van der Waals surface area (Å²) in [5, 5.41) is 13.5. The van der Waals surface area contributed by atoms with E-state index in [-0.39, 0.29) is 28.9 Å². The summed E-state index contributed by atoms with van der Waals surface area (Å²) in [5.41, 5.74) is 0.150. The molecule has 0 aliphatic heterocycles. The zero-order chi connectivity index (χ0) is 15.1. The first kappa shape index (κ1) is 16.2. The normalized spacial score (nSPS) is 11.8. The fourth-order valence-electron chi connectivity index (χ4n) is 1.75. The highest BCUT2D eigenvalue weighted by Crippen LogP contribution is 2.24. The molecule has 1 unspecified atom stereocenters. The van der Waals surface area contributed by atoms with Gasteiger partial charge in [0.1, 0.15) is 5.75 Å². The molecular formula is C13H17ClN2O4. The zero-order valence-electron chi connectivity index (χ0n) is 11.4. The number of nitro benzene ring substituents is 1. The fraction of sp³-hybridized carbons (Fsp3) is 0.462. The smallest absolute Gasteiger partial charge is 0.273 e. The van der Waals surface area contributed by atoms with Crippen LogP contribution in [-0.4, -0.2) is 29.9 Å². The maximum absolute atomic E-state index is 12.1. The Bertz CT molecular complexity index is 493. The molecule has 1 aromatic rings. The summed E-state index contributed by atoms with van der Waals surface area (Å²) in [5.74, 6) is 0.307. The highest BCUT2D eigenvalue weighted by molar-refractivity contribution is 6.17. The Morgan fingerprint density at radius 3 is 2.75 bits per heavy atom. The van der Waals surface area contributed by atoms with Gasteiger partial charge in [-0.2, -0.15) is 0 Å². The monoisotopic (exact) mass is 300 g/mol. The Morgan fingerprint density at radius 2 is 2.25 bits per heavy atom. The lowest BCUT2D eigenvalue weighted by Crippen LogP contribution is -2.34. The van der Waals surface area contributed by atoms with E-state index in [2.05, 4.69) is 5.32 Å². The lowest BCUT2D eigenvalue weighted by atomic mass is 10.1. The number of amides is 1. The number of non-ortho nitro benzene ring substituents is 1. The molecule has 0 aliphatic rings. The van der Waals surface area contributed by atoms with Gasteiger partial charge in [0, 0.05) is 18.0 Å². The van der Waals surface area contributed by atoms with Crippen LogP contribution in [0.2, 0.25) is 0 Å². The molecule has 0 aliphatic carbocycles. The number of nitrogens with one attached hydrogen (secondary N) is 1. The van der Waals surface area contributed by atoms with Gasteiger partial charge in [-0.15, -0.1) is 11.6 Å². The predicted molar refractivity (Wildman–Crippen MR) is 76.5 cm³/mol. The molecule has 1 atom stereocenters. The number of nitrogens with zero attached hydrogens (tertiary/aromatic N) is 1. The number of carbonyl (C=O) groups is 1. The zero-order valence-corrected chi connectivity index (χ0v) is 12.1. The second kappa shape index (κ2) is 7.69. The minimum atomic E-state index is -0.535. The molecule has 0 bridgehead atoms. The molecule has 110 valence electrons. The highest BCUT2D eigenvalue weighted by Gasteiger charge is 2.18. The molecule has 0 spiro atoms. The summed E-state index contributed by atoms with van der Waals surface area (Å²) in [6.07, 6.45) is 1.42. The molecule has 6 nitrogen and oxygen atoms in total. The molecule has 20 heavy (non-hydrogen) atoms. The minimum Gasteiger partial charge on any atom is -0.496 e. The maximum atomic E-state index is 12.1. The van der Waals surface area contributed by atoms with E-state index in [1.54, 1.807) is 0 Å². The van der Waals surface area contributed by atoms with Crippen molar-refractivity contribution in [2.24, 2.45) is 0 Å². The van der Waals surface area contributed by atoms with Crippen LogP contribution in [0.1, 0.15) is 30.1 Å². The summed E-state index contributed by atoms with van der Waals surface area (Å²) in [4.78, 5) is 22.3. The third kappa shape index (κ3) is 4.09. The lowest BCUT2D eigenvalue weighted by molar-refractivity contribution is -0.384. The Morgan fingerprint density at radius 1 is 1.55 bits per heavy atom. The van der Waals surface area contributed by atoms with E-state index in [1.807, 2.05) is 6.92 Å². The summed E-state index contributed by atoms with van der Waals surface area (Å²) < 4.78 is 5.04. The third-order valence-corrected chi connectivity index (χ3v) is 3.14. The maximum Gasteiger partial charge on any atom is 0.273 e. The largest absolute Gasteiger partial charge is 0.496 e. The predicted octanol–water partition coefficient (Wildman–Crippen LogP) is 2.74. The van der Waals surface area contributed by atoms with Gasteiger partial charge in [0.25, 0.3) is 11.6 Å². The first-order chi connectivity index (χ1) is 9.53. The Balaban J connectivity index is 2.94. The highest BCUT2D eigenvalue weighted by atomic mass is 35.5. The quantitative estimate of drug-likeness (QED) is 0.477. The molecule has 0 radical (unpaired) electrons. The molecular weight excluding hydrogens is 284 g/mol. The standard InChI is InChI=1S/C13H17ClN2O4/c1-3-9(6-7-14)15-13(17)11-5-4-10(16(18)19)8-12(11)20-2/h4-5,8-9H,3,6-7H2,1-2H3,(H,15,17). The van der Waals surface area contributed by atoms with Crippen molar-refractivity contribution in [1.82, 2.24) is 5.32 Å². The van der Waals surface area contributed by atoms with Crippen LogP contribution in [0.15, 0.2) is 18.2 Å². The molecule has 0 fully saturated rings. The Kier molecular flexibility index (Phi) is 6.24. The van der Waals surface area contributed by atoms with Crippen molar-refractivity contribution < 1.29 is 14.5 Å². The van der Waals surface area contributed by atoms with Crippen LogP contribution in [0.4, 0.5) is 5.69 Å². The molecule has 1 N–H and O–H groups in total. The van der Waals surface area contributed by atoms with Crippen molar-refractivity contribution in [3.8, 4) is 5.75 Å². The first-order valence-electron chi connectivity index (χ1n) is 6.22. The van der Waals surface area contributed by atoms with E-state index >= 15 is 0 Å². The van der Waals surface area contributed by atoms with Gasteiger partial charge in [-0.3, -0.25) is 14.9 Å². The van der Waals surface area contributed by atoms with Crippen LogP contribution in [0.25, 0.3) is 0 Å². The summed E-state index contributed by atoms with van der Waals surface area (Å²) in [7, 11) is 1.37. The molecule has 0 saturated heterocycles. The van der Waals surface area contributed by atoms with Gasteiger partial charge in [-0.25, -0.2) is 0 Å². The van der Waals surface area contributed by atoms with Crippen LogP contribution in [-0.2, 0) is 0 Å². The lowest BCUT2D eigenvalue weighted by Gasteiger charge is -2.16. The van der Waals surface area contributed by atoms with Gasteiger partial charge in [0.2, 0.25) is 0 Å². The number of methoxy groups -OCH3 is 1. The van der Waals surface area contributed by atoms with E-state index in [4.69, 9.17) is 16.3 Å². The third-order valence-electron chi connectivity index (χ3n) is 2.93. The number of rotatable bonds is 7. The SMILES string of the molecule is CCC(CCCl)NC(=O)c1ccc([N+](=O)[O-])cc1OC. The Hall–Kier alpha value is -1.82. The number of halogens is 1. The van der Waals surface area contributed by atoms with Crippen LogP contribution in [0, 0.1) is 10.1 Å². The molecule has 1 rings (SSSR count). The second-order valence-corrected chi connectivity index (χ2v) is 4.58. The Labute approximate surface area is 122 Å². The second-order valence-electron chi connectivity index (χ2n) is 4.20. The average molecular weight is 301 g/mol. The van der Waals surface area contributed by atoms with E-state index in [0.717, 1.165) is 6.42 Å². The summed E-state index contributed by atoms with van der Waals surface area (Å²) in [6.45, 7) is 1.95. The number of hydrogen-bond donors (Lipinski definition) is 1. The average Bonchev–Trinajstić information content (AvgIpc) is 2.45. The van der Waals surface area contributed by atoms with Crippen molar-refractivity contribution in [2.45, 2.75) is 25.8 Å². The topological polar surface area (TPSA) is 81.5 Å². The number of alkyl halides is 1. The van der Waals surface area contributed by atoms with Crippen LogP contribution in [0.3, 0.4) is 0 Å². The van der Waals surface area contributed by atoms with E-state index in [0.29, 0.717) is 12.3 Å². The van der Waals surface area contributed by atoms with Gasteiger partial charge >= 0.3 is 0 Å². The van der Waals surface area contributed by atoms with Gasteiger partial charge in [0.05, 0.1) is 23.7 Å². The molecule has 7 heteroatoms. The molecule has 0 heterocycles. The van der Waals surface area contributed by atoms with Crippen molar-refractivity contribution in [2.75, 3.05) is 13.0 Å². The van der Waals surface area contributed by atoms with Gasteiger partial charge in [-0.05, 0) is 18.9 Å². The van der Waals surface area contributed by atoms with E-state index in [1.165, 1.54) is 25.3 Å². The van der Waals surface area contributed by atoms with Crippen LogP contribution in [0.5, 0.6) is 5.75 Å². The molecule has 1 aromatic carbocycles. The molecule has 0 saturated carbocycles. The summed E-state index contributed by atoms with van der Waals surface area (Å²) in [6, 6.07) is 3.87. The van der Waals surface area contributed by atoms with Crippen molar-refractivity contribution >= 4 is 23.2 Å². The van der Waals surface area contributed by atoms with Crippen molar-refractivity contribution in [1.29, 1.82) is 0 Å². The first-order valence-corrected chi connectivity index (χ1v) is 6.76. The number of benzene rings is 1. The van der Waals surface area contributed by atoms with E-state index in [9.17, 15) is 14.9 Å². The van der Waals surface area contributed by atoms with Crippen molar-refractivity contribution in [3.63, 3.8) is 0 Å². The number of ether oxygens (including phenoxy) is 1. The van der Waals surface area contributed by atoms with Crippen LogP contribution < -0.4 is 10.1 Å². The van der Waals surface area contributed by atoms with Gasteiger partial charge < -0.3 is 10.1 Å². The fourth-order valence-corrected chi connectivity index (χ4v) is 2.02.